The first-order valence-electron chi connectivity index (χ1n) is 2.39. The van der Waals surface area contributed by atoms with Crippen molar-refractivity contribution in [2.45, 2.75) is 19.6 Å². The van der Waals surface area contributed by atoms with E-state index in [1.54, 1.807) is 0 Å². The Hall–Kier alpha value is 1.42. The normalized spacial score (nSPS) is 8.75. The Morgan fingerprint density at radius 1 is 1.25 bits per heavy atom. The molecule has 0 atom stereocenters. The molecule has 0 aromatic carbocycles. The molecule has 0 N–H and O–H groups in total. The summed E-state index contributed by atoms with van der Waals surface area (Å²) in [6.07, 6.45) is 0. The van der Waals surface area contributed by atoms with Crippen LogP contribution in [0.2, 0.25) is 19.6 Å². The molecule has 0 aromatic heterocycles. The van der Waals surface area contributed by atoms with Crippen LogP contribution in [0.3, 0.4) is 0 Å². The van der Waals surface area contributed by atoms with E-state index < -0.39 is 23.2 Å². The monoisotopic (exact) mass is 221 g/mol. The summed E-state index contributed by atoms with van der Waals surface area (Å²) in [7, 11) is 9.04. The minimum atomic E-state index is -0.931. The van der Waals surface area contributed by atoms with Gasteiger partial charge in [0.15, 0.2) is 0 Å². The summed E-state index contributed by atoms with van der Waals surface area (Å²) >= 11 is -0.931. The fourth-order valence-electron chi connectivity index (χ4n) is 0. The van der Waals surface area contributed by atoms with E-state index in [-0.39, 0.29) is 0 Å². The summed E-state index contributed by atoms with van der Waals surface area (Å²) in [4.78, 5) is 0. The Labute approximate surface area is 68.6 Å². The Morgan fingerprint density at radius 3 is 1.25 bits per heavy atom. The molecule has 0 aromatic rings. The Balaban J connectivity index is 0. The third-order valence-corrected chi connectivity index (χ3v) is 0. The van der Waals surface area contributed by atoms with Crippen molar-refractivity contribution < 1.29 is 15.1 Å². The molecule has 0 rings (SSSR count). The molecule has 0 aliphatic heterocycles. The third-order valence-electron chi connectivity index (χ3n) is 0. The average Bonchev–Trinajstić information content (AvgIpc) is 1.27. The molecule has 0 aliphatic rings. The van der Waals surface area contributed by atoms with E-state index in [9.17, 15) is 0 Å². The molecule has 4 heteroatoms. The first kappa shape index (κ1) is 12.1. The first-order chi connectivity index (χ1) is 3.41. The van der Waals surface area contributed by atoms with E-state index in [0.29, 0.717) is 0 Å². The predicted molar refractivity (Wildman–Crippen MR) is 40.4 cm³/mol. The van der Waals surface area contributed by atoms with Crippen molar-refractivity contribution in [3.63, 3.8) is 0 Å². The van der Waals surface area contributed by atoms with Crippen molar-refractivity contribution in [2.24, 2.45) is 0 Å². The van der Waals surface area contributed by atoms with Crippen molar-refractivity contribution in [3.8, 4) is 0 Å². The standard InChI is InChI=1S/C4H11Si.2ClH.Zn/c1-5(2,3)4;;;/h1H2,2-4H3;2*1H;/q;;;+2/p-2. The van der Waals surface area contributed by atoms with Crippen LogP contribution < -0.4 is 0 Å². The van der Waals surface area contributed by atoms with Gasteiger partial charge in [-0.3, -0.25) is 0 Å². The van der Waals surface area contributed by atoms with Crippen molar-refractivity contribution >= 4 is 27.5 Å². The van der Waals surface area contributed by atoms with Gasteiger partial charge in [-0.25, -0.2) is 0 Å². The zero-order valence-electron chi connectivity index (χ0n) is 5.67. The number of hydrogen-bond acceptors (Lipinski definition) is 0. The van der Waals surface area contributed by atoms with Crippen LogP contribution in [-0.2, 0) is 15.1 Å². The number of halogens is 2. The van der Waals surface area contributed by atoms with Crippen LogP contribution in [0.1, 0.15) is 0 Å². The van der Waals surface area contributed by atoms with Crippen molar-refractivity contribution in [3.05, 3.63) is 6.55 Å². The van der Waals surface area contributed by atoms with Crippen molar-refractivity contribution in [2.75, 3.05) is 0 Å². The summed E-state index contributed by atoms with van der Waals surface area (Å²) in [5.74, 6) is 0. The molecule has 0 heterocycles. The zero-order chi connectivity index (χ0) is 7.21. The summed E-state index contributed by atoms with van der Waals surface area (Å²) in [5.41, 5.74) is 0. The molecule has 0 fully saturated rings. The van der Waals surface area contributed by atoms with E-state index in [2.05, 4.69) is 26.2 Å². The summed E-state index contributed by atoms with van der Waals surface area (Å²) < 4.78 is 0. The summed E-state index contributed by atoms with van der Waals surface area (Å²) in [5, 5.41) is 0. The van der Waals surface area contributed by atoms with Gasteiger partial charge in [-0.1, -0.05) is 26.2 Å². The fourth-order valence-corrected chi connectivity index (χ4v) is 0. The second-order valence-electron chi connectivity index (χ2n) is 2.66. The summed E-state index contributed by atoms with van der Waals surface area (Å²) in [6.45, 7) is 10.6. The van der Waals surface area contributed by atoms with Gasteiger partial charge in [-0.15, -0.1) is 0 Å². The zero-order valence-corrected chi connectivity index (χ0v) is 11.1. The quantitative estimate of drug-likeness (QED) is 0.554. The molecular formula is C4H11Cl2SiZn. The maximum absolute atomic E-state index is 4.95. The van der Waals surface area contributed by atoms with E-state index in [4.69, 9.17) is 19.4 Å². The van der Waals surface area contributed by atoms with Gasteiger partial charge >= 0.3 is 34.5 Å². The van der Waals surface area contributed by atoms with Gasteiger partial charge < -0.3 is 0 Å². The molecular weight excluding hydrogens is 212 g/mol. The topological polar surface area (TPSA) is 0 Å². The molecule has 1 radical (unpaired) electrons. The average molecular weight is 224 g/mol. The Morgan fingerprint density at radius 2 is 1.25 bits per heavy atom. The molecule has 0 aliphatic carbocycles. The Kier molecular flexibility index (Phi) is 9.92. The van der Waals surface area contributed by atoms with E-state index in [1.807, 2.05) is 0 Å². The minimum absolute atomic E-state index is 0.861. The second-order valence-corrected chi connectivity index (χ2v) is 12.4. The molecule has 0 spiro atoms. The molecule has 8 heavy (non-hydrogen) atoms. The molecule has 0 saturated carbocycles. The van der Waals surface area contributed by atoms with Gasteiger partial charge in [-0.05, 0) is 0 Å². The van der Waals surface area contributed by atoms with Crippen LogP contribution in [0, 0.1) is 6.55 Å². The SMILES string of the molecule is [CH2][Si](C)(C)C.[Cl][Zn][Cl]. The molecule has 0 amide bonds. The first-order valence-corrected chi connectivity index (χ1v) is 13.9. The van der Waals surface area contributed by atoms with Crippen molar-refractivity contribution in [1.82, 2.24) is 0 Å². The van der Waals surface area contributed by atoms with E-state index in [0.717, 1.165) is 0 Å². The Bertz CT molecular complexity index is 37.8. The van der Waals surface area contributed by atoms with Gasteiger partial charge in [0.05, 0.1) is 0 Å². The molecule has 0 bridgehead atoms. The third kappa shape index (κ3) is 152. The molecule has 0 saturated heterocycles. The van der Waals surface area contributed by atoms with E-state index >= 15 is 0 Å². The number of rotatable bonds is 0. The van der Waals surface area contributed by atoms with E-state index in [1.165, 1.54) is 0 Å². The molecule has 0 nitrogen and oxygen atoms in total. The van der Waals surface area contributed by atoms with Crippen LogP contribution in [0.25, 0.3) is 0 Å². The van der Waals surface area contributed by atoms with Crippen LogP contribution in [0.15, 0.2) is 0 Å². The summed E-state index contributed by atoms with van der Waals surface area (Å²) in [6, 6.07) is 0. The van der Waals surface area contributed by atoms with Crippen molar-refractivity contribution in [1.29, 1.82) is 0 Å². The number of hydrogen-bond donors (Lipinski definition) is 0. The van der Waals surface area contributed by atoms with Crippen LogP contribution in [0.5, 0.6) is 0 Å². The molecule has 0 unspecified atom stereocenters. The van der Waals surface area contributed by atoms with Crippen LogP contribution in [-0.4, -0.2) is 8.07 Å². The van der Waals surface area contributed by atoms with Gasteiger partial charge in [0.2, 0.25) is 0 Å². The second kappa shape index (κ2) is 6.54. The van der Waals surface area contributed by atoms with Gasteiger partial charge in [0.1, 0.15) is 0 Å². The van der Waals surface area contributed by atoms with Crippen LogP contribution >= 0.6 is 19.4 Å². The van der Waals surface area contributed by atoms with Gasteiger partial charge in [0.25, 0.3) is 0 Å². The predicted octanol–water partition coefficient (Wildman–Crippen LogP) is 3.07. The molecule has 47 valence electrons. The van der Waals surface area contributed by atoms with Gasteiger partial charge in [0, 0.05) is 8.07 Å². The van der Waals surface area contributed by atoms with Gasteiger partial charge in [-0.2, -0.15) is 0 Å². The maximum atomic E-state index is 4.95. The fraction of sp³-hybridized carbons (Fsp3) is 0.750. The van der Waals surface area contributed by atoms with Crippen LogP contribution in [0.4, 0.5) is 0 Å².